The summed E-state index contributed by atoms with van der Waals surface area (Å²) in [4.78, 5) is 30.0. The molecule has 0 aliphatic carbocycles. The van der Waals surface area contributed by atoms with Crippen molar-refractivity contribution in [1.82, 2.24) is 4.90 Å². The first-order valence-electron chi connectivity index (χ1n) is 20.2. The van der Waals surface area contributed by atoms with Gasteiger partial charge >= 0.3 is 5.97 Å². The minimum Gasteiger partial charge on any atom is -0.415 e. The molecule has 3 aromatic rings. The van der Waals surface area contributed by atoms with Crippen LogP contribution in [0, 0.1) is 5.41 Å². The number of amides is 1. The Labute approximate surface area is 325 Å². The van der Waals surface area contributed by atoms with E-state index in [1.54, 1.807) is 4.90 Å². The van der Waals surface area contributed by atoms with Crippen molar-refractivity contribution in [2.45, 2.75) is 122 Å². The summed E-state index contributed by atoms with van der Waals surface area (Å²) in [5.41, 5.74) is 0.170. The molecule has 0 bridgehead atoms. The van der Waals surface area contributed by atoms with Gasteiger partial charge in [0.25, 0.3) is 0 Å². The van der Waals surface area contributed by atoms with Crippen LogP contribution in [0.5, 0.6) is 0 Å². The van der Waals surface area contributed by atoms with Crippen LogP contribution in [0.3, 0.4) is 0 Å². The predicted molar refractivity (Wildman–Crippen MR) is 218 cm³/mol. The number of carbonyl (C=O) groups is 2. The van der Waals surface area contributed by atoms with Gasteiger partial charge in [-0.05, 0) is 49.1 Å². The van der Waals surface area contributed by atoms with Gasteiger partial charge in [0, 0.05) is 38.4 Å². The summed E-state index contributed by atoms with van der Waals surface area (Å²) in [6, 6.07) is 27.6. The number of piperidine rings is 1. The number of quaternary nitrogens is 1. The molecule has 1 amide bonds. The quantitative estimate of drug-likeness (QED) is 0.0670. The average Bonchev–Trinajstić information content (AvgIpc) is 3.17. The van der Waals surface area contributed by atoms with Crippen molar-refractivity contribution in [3.63, 3.8) is 0 Å². The van der Waals surface area contributed by atoms with Crippen LogP contribution < -0.4 is 0 Å². The lowest BCUT2D eigenvalue weighted by Gasteiger charge is -2.48. The summed E-state index contributed by atoms with van der Waals surface area (Å²) in [7, 11) is 3.64. The van der Waals surface area contributed by atoms with Crippen LogP contribution in [-0.2, 0) is 25.3 Å². The molecule has 1 saturated heterocycles. The Morgan fingerprint density at radius 3 is 1.74 bits per heavy atom. The van der Waals surface area contributed by atoms with Gasteiger partial charge in [0.1, 0.15) is 11.0 Å². The number of ether oxygens (including phenoxy) is 1. The van der Waals surface area contributed by atoms with Gasteiger partial charge in [0.05, 0.1) is 25.0 Å². The monoisotopic (exact) mass is 745 g/mol. The minimum absolute atomic E-state index is 0.0114. The number of rotatable bonds is 21. The van der Waals surface area contributed by atoms with Crippen LogP contribution in [0.1, 0.15) is 127 Å². The van der Waals surface area contributed by atoms with Crippen molar-refractivity contribution in [1.29, 1.82) is 0 Å². The molecule has 1 heterocycles. The van der Waals surface area contributed by atoms with Crippen LogP contribution in [0.25, 0.3) is 0 Å². The van der Waals surface area contributed by atoms with E-state index < -0.39 is 16.4 Å². The van der Waals surface area contributed by atoms with E-state index in [1.807, 2.05) is 113 Å². The van der Waals surface area contributed by atoms with E-state index in [0.29, 0.717) is 48.4 Å². The van der Waals surface area contributed by atoms with Crippen LogP contribution in [0.4, 0.5) is 0 Å². The molecule has 7 heteroatoms. The molecule has 1 aliphatic rings. The molecule has 6 nitrogen and oxygen atoms in total. The molecule has 290 valence electrons. The van der Waals surface area contributed by atoms with E-state index in [-0.39, 0.29) is 18.6 Å². The number of hydrogen-bond acceptors (Lipinski definition) is 4. The fourth-order valence-electron chi connectivity index (χ4n) is 8.14. The topological polar surface area (TPSA) is 66.8 Å². The number of benzene rings is 3. The molecule has 0 unspecified atom stereocenters. The van der Waals surface area contributed by atoms with Crippen molar-refractivity contribution in [2.75, 3.05) is 40.5 Å². The first-order chi connectivity index (χ1) is 25.4. The summed E-state index contributed by atoms with van der Waals surface area (Å²) in [5.74, 6) is -0.163. The van der Waals surface area contributed by atoms with Crippen molar-refractivity contribution >= 4 is 23.5 Å². The number of likely N-dealkylation sites (N-methyl/N-ethyl adjacent to an activating group) is 1. The molecule has 4 rings (SSSR count). The van der Waals surface area contributed by atoms with Gasteiger partial charge in [-0.3, -0.25) is 14.1 Å². The molecule has 53 heavy (non-hydrogen) atoms. The summed E-state index contributed by atoms with van der Waals surface area (Å²) in [6.45, 7) is 8.26. The number of likely N-dealkylation sites (tertiary alicyclic amines) is 1. The largest absolute Gasteiger partial charge is 0.415 e. The zero-order chi connectivity index (χ0) is 38.4. The van der Waals surface area contributed by atoms with Gasteiger partial charge in [-0.25, -0.2) is 0 Å². The zero-order valence-electron chi connectivity index (χ0n) is 33.3. The number of esters is 1. The van der Waals surface area contributed by atoms with Crippen LogP contribution in [0.15, 0.2) is 84.9 Å². The van der Waals surface area contributed by atoms with Crippen LogP contribution in [-0.4, -0.2) is 66.8 Å². The molecule has 0 spiro atoms. The lowest BCUT2D eigenvalue weighted by molar-refractivity contribution is -0.950. The Hall–Kier alpha value is -3.19. The number of nitrogens with zero attached hydrogens (tertiary/aromatic N) is 2. The highest BCUT2D eigenvalue weighted by molar-refractivity contribution is 6.30. The third-order valence-electron chi connectivity index (χ3n) is 11.8. The smallest absolute Gasteiger partial charge is 0.315 e. The minimum atomic E-state index is -1.01. The maximum Gasteiger partial charge on any atom is 0.315 e. The van der Waals surface area contributed by atoms with Gasteiger partial charge < -0.3 is 14.7 Å². The second-order valence-electron chi connectivity index (χ2n) is 16.5. The molecule has 1 N–H and O–H groups in total. The molecule has 0 atom stereocenters. The molecule has 1 fully saturated rings. The first kappa shape index (κ1) is 42.6. The Balaban J connectivity index is 1.52. The van der Waals surface area contributed by atoms with Crippen LogP contribution in [0.2, 0.25) is 5.02 Å². The molecular weight excluding hydrogens is 680 g/mol. The second kappa shape index (κ2) is 19.9. The fraction of sp³-hybridized carbons (Fsp3) is 0.565. The van der Waals surface area contributed by atoms with E-state index >= 15 is 0 Å². The average molecular weight is 746 g/mol. The van der Waals surface area contributed by atoms with E-state index in [9.17, 15) is 14.7 Å². The summed E-state index contributed by atoms with van der Waals surface area (Å²) in [6.07, 6.45) is 14.9. The van der Waals surface area contributed by atoms with E-state index in [1.165, 1.54) is 51.4 Å². The highest BCUT2D eigenvalue weighted by atomic mass is 35.5. The lowest BCUT2D eigenvalue weighted by atomic mass is 9.70. The molecule has 3 aromatic carbocycles. The maximum atomic E-state index is 14.5. The highest BCUT2D eigenvalue weighted by Crippen LogP contribution is 2.41. The summed E-state index contributed by atoms with van der Waals surface area (Å²) >= 11 is 6.20. The van der Waals surface area contributed by atoms with Gasteiger partial charge in [-0.2, -0.15) is 0 Å². The lowest BCUT2D eigenvalue weighted by Crippen LogP contribution is -2.60. The number of unbranched alkanes of at least 4 members (excludes halogenated alkanes) is 9. The first-order valence-corrected chi connectivity index (χ1v) is 20.6. The highest BCUT2D eigenvalue weighted by Gasteiger charge is 2.49. The van der Waals surface area contributed by atoms with Gasteiger partial charge in [0.2, 0.25) is 12.6 Å². The second-order valence-corrected chi connectivity index (χ2v) is 17.0. The van der Waals surface area contributed by atoms with Crippen molar-refractivity contribution in [3.8, 4) is 0 Å². The summed E-state index contributed by atoms with van der Waals surface area (Å²) < 4.78 is 6.78. The Bertz CT molecular complexity index is 1490. The standard InChI is InChI=1S/C46H66ClN2O4/c1-6-7-8-9-10-11-12-13-14-21-30-44(2,3)43(51)53-37-49(34-31-45(52,32-35-49)38-26-28-41(47)29-27-38)36-33-46(42(50)48(4)5,39-22-17-15-18-23-39)40-24-19-16-20-25-40/h15-20,22-29,52H,6-14,21,30-37H2,1-5H3/q+1. The predicted octanol–water partition coefficient (Wildman–Crippen LogP) is 10.4. The van der Waals surface area contributed by atoms with E-state index in [4.69, 9.17) is 16.3 Å². The fourth-order valence-corrected chi connectivity index (χ4v) is 8.26. The number of hydrogen-bond donors (Lipinski definition) is 1. The SMILES string of the molecule is CCCCCCCCCCCCC(C)(C)C(=O)OC[N+]1(CCC(C(=O)N(C)C)(c2ccccc2)c2ccccc2)CCC(O)(c2ccc(Cl)cc2)CC1. The van der Waals surface area contributed by atoms with Gasteiger partial charge in [-0.15, -0.1) is 0 Å². The van der Waals surface area contributed by atoms with Gasteiger partial charge in [0.15, 0.2) is 0 Å². The Kier molecular flexibility index (Phi) is 16.0. The molecule has 0 saturated carbocycles. The van der Waals surface area contributed by atoms with Crippen molar-refractivity contribution in [3.05, 3.63) is 107 Å². The van der Waals surface area contributed by atoms with Crippen LogP contribution >= 0.6 is 11.6 Å². The van der Waals surface area contributed by atoms with E-state index in [0.717, 1.165) is 36.0 Å². The maximum absolute atomic E-state index is 14.5. The van der Waals surface area contributed by atoms with E-state index in [2.05, 4.69) is 6.92 Å². The summed E-state index contributed by atoms with van der Waals surface area (Å²) in [5, 5.41) is 12.6. The zero-order valence-corrected chi connectivity index (χ0v) is 34.0. The normalized spacial score (nSPS) is 19.2. The third kappa shape index (κ3) is 11.4. The Morgan fingerprint density at radius 2 is 1.25 bits per heavy atom. The Morgan fingerprint density at radius 1 is 0.755 bits per heavy atom. The molecular formula is C46H66ClN2O4+. The number of halogens is 1. The molecule has 0 aromatic heterocycles. The number of aliphatic hydroxyl groups is 1. The number of carbonyl (C=O) groups excluding carboxylic acids is 2. The molecule has 1 aliphatic heterocycles. The van der Waals surface area contributed by atoms with Crippen molar-refractivity contribution < 1.29 is 23.9 Å². The third-order valence-corrected chi connectivity index (χ3v) is 12.1. The van der Waals surface area contributed by atoms with Crippen molar-refractivity contribution in [2.24, 2.45) is 5.41 Å². The van der Waals surface area contributed by atoms with Gasteiger partial charge in [-0.1, -0.05) is 156 Å². The molecule has 0 radical (unpaired) electrons.